The highest BCUT2D eigenvalue weighted by atomic mass is 35.5. The fraction of sp³-hybridized carbons (Fsp3) is 0.235. The summed E-state index contributed by atoms with van der Waals surface area (Å²) in [6.45, 7) is 0.594. The SMILES string of the molecule is COc1ccc(CCNC(=O)c2cccc(CCl)c2)cc1. The Balaban J connectivity index is 1.85. The number of methoxy groups -OCH3 is 1. The van der Waals surface area contributed by atoms with E-state index >= 15 is 0 Å². The monoisotopic (exact) mass is 303 g/mol. The second kappa shape index (κ2) is 7.70. The summed E-state index contributed by atoms with van der Waals surface area (Å²) in [4.78, 5) is 12.0. The molecule has 0 atom stereocenters. The van der Waals surface area contributed by atoms with Gasteiger partial charge in [-0.3, -0.25) is 4.79 Å². The van der Waals surface area contributed by atoms with Gasteiger partial charge in [-0.05, 0) is 41.8 Å². The first-order valence-corrected chi connectivity index (χ1v) is 7.32. The van der Waals surface area contributed by atoms with Crippen molar-refractivity contribution < 1.29 is 9.53 Å². The molecule has 110 valence electrons. The molecule has 0 aliphatic rings. The zero-order chi connectivity index (χ0) is 15.1. The van der Waals surface area contributed by atoms with Crippen molar-refractivity contribution in [2.24, 2.45) is 0 Å². The van der Waals surface area contributed by atoms with E-state index in [9.17, 15) is 4.79 Å². The number of carbonyl (C=O) groups excluding carboxylic acids is 1. The van der Waals surface area contributed by atoms with Crippen LogP contribution in [0, 0.1) is 0 Å². The minimum Gasteiger partial charge on any atom is -0.497 e. The third-order valence-electron chi connectivity index (χ3n) is 3.20. The van der Waals surface area contributed by atoms with Crippen molar-refractivity contribution in [2.45, 2.75) is 12.3 Å². The Morgan fingerprint density at radius 1 is 1.14 bits per heavy atom. The van der Waals surface area contributed by atoms with Crippen LogP contribution in [0.4, 0.5) is 0 Å². The summed E-state index contributed by atoms with van der Waals surface area (Å²) in [6, 6.07) is 15.2. The second-order valence-electron chi connectivity index (χ2n) is 4.69. The number of benzene rings is 2. The molecule has 2 aromatic rings. The number of alkyl halides is 1. The van der Waals surface area contributed by atoms with E-state index in [1.165, 1.54) is 0 Å². The van der Waals surface area contributed by atoms with Crippen molar-refractivity contribution in [1.29, 1.82) is 0 Å². The molecule has 4 heteroatoms. The number of halogens is 1. The molecule has 0 radical (unpaired) electrons. The van der Waals surface area contributed by atoms with Crippen LogP contribution in [0.25, 0.3) is 0 Å². The van der Waals surface area contributed by atoms with E-state index in [1.54, 1.807) is 13.2 Å². The van der Waals surface area contributed by atoms with Crippen LogP contribution in [-0.4, -0.2) is 19.6 Å². The third kappa shape index (κ3) is 4.50. The Morgan fingerprint density at radius 3 is 2.57 bits per heavy atom. The molecule has 0 aliphatic heterocycles. The van der Waals surface area contributed by atoms with E-state index in [2.05, 4.69) is 5.32 Å². The first-order chi connectivity index (χ1) is 10.2. The summed E-state index contributed by atoms with van der Waals surface area (Å²) >= 11 is 5.77. The topological polar surface area (TPSA) is 38.3 Å². The highest BCUT2D eigenvalue weighted by molar-refractivity contribution is 6.17. The van der Waals surface area contributed by atoms with Gasteiger partial charge in [0.25, 0.3) is 5.91 Å². The maximum absolute atomic E-state index is 12.0. The van der Waals surface area contributed by atoms with Crippen LogP contribution in [-0.2, 0) is 12.3 Å². The molecule has 3 nitrogen and oxygen atoms in total. The number of nitrogens with one attached hydrogen (secondary N) is 1. The smallest absolute Gasteiger partial charge is 0.251 e. The van der Waals surface area contributed by atoms with Gasteiger partial charge in [-0.2, -0.15) is 0 Å². The van der Waals surface area contributed by atoms with Gasteiger partial charge in [-0.1, -0.05) is 24.3 Å². The highest BCUT2D eigenvalue weighted by Crippen LogP contribution is 2.11. The van der Waals surface area contributed by atoms with Gasteiger partial charge in [-0.25, -0.2) is 0 Å². The zero-order valence-electron chi connectivity index (χ0n) is 11.9. The summed E-state index contributed by atoms with van der Waals surface area (Å²) in [7, 11) is 1.64. The molecule has 2 rings (SSSR count). The predicted molar refractivity (Wildman–Crippen MR) is 85.0 cm³/mol. The van der Waals surface area contributed by atoms with E-state index < -0.39 is 0 Å². The van der Waals surface area contributed by atoms with Crippen molar-refractivity contribution in [3.8, 4) is 5.75 Å². The third-order valence-corrected chi connectivity index (χ3v) is 3.51. The van der Waals surface area contributed by atoms with E-state index in [4.69, 9.17) is 16.3 Å². The minimum absolute atomic E-state index is 0.0736. The summed E-state index contributed by atoms with van der Waals surface area (Å²) in [5.41, 5.74) is 2.74. The number of hydrogen-bond acceptors (Lipinski definition) is 2. The lowest BCUT2D eigenvalue weighted by atomic mass is 10.1. The van der Waals surface area contributed by atoms with Gasteiger partial charge in [0.1, 0.15) is 5.75 Å². The number of ether oxygens (including phenoxy) is 1. The second-order valence-corrected chi connectivity index (χ2v) is 4.96. The molecule has 0 aliphatic carbocycles. The normalized spacial score (nSPS) is 10.2. The van der Waals surface area contributed by atoms with Crippen LogP contribution in [0.1, 0.15) is 21.5 Å². The summed E-state index contributed by atoms with van der Waals surface area (Å²) in [5, 5.41) is 2.91. The summed E-state index contributed by atoms with van der Waals surface area (Å²) in [5.74, 6) is 1.17. The van der Waals surface area contributed by atoms with Crippen molar-refractivity contribution >= 4 is 17.5 Å². The van der Waals surface area contributed by atoms with Gasteiger partial charge in [0.15, 0.2) is 0 Å². The minimum atomic E-state index is -0.0736. The standard InChI is InChI=1S/C17H18ClNO2/c1-21-16-7-5-13(6-8-16)9-10-19-17(20)15-4-2-3-14(11-15)12-18/h2-8,11H,9-10,12H2,1H3,(H,19,20). The Hall–Kier alpha value is -2.00. The molecule has 0 unspecified atom stereocenters. The Labute approximate surface area is 129 Å². The number of rotatable bonds is 6. The van der Waals surface area contributed by atoms with Crippen LogP contribution in [0.3, 0.4) is 0 Å². The zero-order valence-corrected chi connectivity index (χ0v) is 12.7. The van der Waals surface area contributed by atoms with Crippen LogP contribution >= 0.6 is 11.6 Å². The van der Waals surface area contributed by atoms with Crippen molar-refractivity contribution in [3.05, 3.63) is 65.2 Å². The van der Waals surface area contributed by atoms with E-state index in [0.717, 1.165) is 23.3 Å². The van der Waals surface area contributed by atoms with Crippen LogP contribution in [0.2, 0.25) is 0 Å². The molecular formula is C17H18ClNO2. The van der Waals surface area contributed by atoms with Crippen molar-refractivity contribution in [3.63, 3.8) is 0 Å². The maximum atomic E-state index is 12.0. The van der Waals surface area contributed by atoms with Gasteiger partial charge in [0.2, 0.25) is 0 Å². The average molecular weight is 304 g/mol. The van der Waals surface area contributed by atoms with Gasteiger partial charge in [0.05, 0.1) is 7.11 Å². The van der Waals surface area contributed by atoms with Gasteiger partial charge < -0.3 is 10.1 Å². The van der Waals surface area contributed by atoms with E-state index in [1.807, 2.05) is 42.5 Å². The fourth-order valence-electron chi connectivity index (χ4n) is 2.01. The molecule has 0 saturated carbocycles. The molecule has 2 aromatic carbocycles. The molecular weight excluding hydrogens is 286 g/mol. The highest BCUT2D eigenvalue weighted by Gasteiger charge is 2.05. The molecule has 0 spiro atoms. The Bertz CT molecular complexity index is 596. The van der Waals surface area contributed by atoms with Crippen LogP contribution in [0.5, 0.6) is 5.75 Å². The van der Waals surface area contributed by atoms with Crippen molar-refractivity contribution in [1.82, 2.24) is 5.32 Å². The fourth-order valence-corrected chi connectivity index (χ4v) is 2.18. The number of hydrogen-bond donors (Lipinski definition) is 1. The van der Waals surface area contributed by atoms with E-state index in [-0.39, 0.29) is 5.91 Å². The molecule has 0 bridgehead atoms. The molecule has 0 saturated heterocycles. The molecule has 21 heavy (non-hydrogen) atoms. The number of amides is 1. The Kier molecular flexibility index (Phi) is 5.64. The molecule has 1 amide bonds. The lowest BCUT2D eigenvalue weighted by Crippen LogP contribution is -2.25. The summed E-state index contributed by atoms with van der Waals surface area (Å²) in [6.07, 6.45) is 0.783. The van der Waals surface area contributed by atoms with Crippen molar-refractivity contribution in [2.75, 3.05) is 13.7 Å². The van der Waals surface area contributed by atoms with Crippen LogP contribution < -0.4 is 10.1 Å². The molecule has 0 heterocycles. The largest absolute Gasteiger partial charge is 0.497 e. The van der Waals surface area contributed by atoms with Crippen LogP contribution in [0.15, 0.2) is 48.5 Å². The maximum Gasteiger partial charge on any atom is 0.251 e. The predicted octanol–water partition coefficient (Wildman–Crippen LogP) is 3.41. The first kappa shape index (κ1) is 15.4. The van der Waals surface area contributed by atoms with E-state index in [0.29, 0.717) is 18.0 Å². The lowest BCUT2D eigenvalue weighted by molar-refractivity contribution is 0.0954. The first-order valence-electron chi connectivity index (χ1n) is 6.79. The molecule has 0 fully saturated rings. The average Bonchev–Trinajstić information content (AvgIpc) is 2.55. The van der Waals surface area contributed by atoms with Gasteiger partial charge in [0, 0.05) is 18.0 Å². The van der Waals surface area contributed by atoms with Gasteiger partial charge >= 0.3 is 0 Å². The molecule has 0 aromatic heterocycles. The number of carbonyl (C=O) groups is 1. The Morgan fingerprint density at radius 2 is 1.90 bits per heavy atom. The summed E-state index contributed by atoms with van der Waals surface area (Å²) < 4.78 is 5.11. The van der Waals surface area contributed by atoms with Gasteiger partial charge in [-0.15, -0.1) is 11.6 Å². The molecule has 1 N–H and O–H groups in total. The quantitative estimate of drug-likeness (QED) is 0.831. The lowest BCUT2D eigenvalue weighted by Gasteiger charge is -2.07.